The molecule has 6 nitrogen and oxygen atoms in total. The van der Waals surface area contributed by atoms with Crippen molar-refractivity contribution in [3.05, 3.63) is 81.1 Å². The summed E-state index contributed by atoms with van der Waals surface area (Å²) in [6.45, 7) is 1.26. The molecule has 1 amide bonds. The van der Waals surface area contributed by atoms with E-state index in [1.54, 1.807) is 35.9 Å². The van der Waals surface area contributed by atoms with Crippen molar-refractivity contribution in [2.24, 2.45) is 0 Å². The first kappa shape index (κ1) is 24.8. The SMILES string of the molecule is CN(C)c1c(C(=O)[NH2+]CC2CCOc3ccccc32)cnc2c(-c3cc(Cl)cc(Cl)c3)c(Cl)cnc12. The van der Waals surface area contributed by atoms with Crippen LogP contribution in [-0.2, 0) is 0 Å². The predicted octanol–water partition coefficient (Wildman–Crippen LogP) is 5.59. The molecule has 1 aliphatic rings. The number of halogens is 3. The van der Waals surface area contributed by atoms with Crippen molar-refractivity contribution in [3.63, 3.8) is 0 Å². The lowest BCUT2D eigenvalue weighted by atomic mass is 9.93. The van der Waals surface area contributed by atoms with E-state index in [-0.39, 0.29) is 11.8 Å². The number of hydrogen-bond acceptors (Lipinski definition) is 5. The molecule has 9 heteroatoms. The second kappa shape index (κ2) is 10.2. The Kier molecular flexibility index (Phi) is 7.04. The maximum absolute atomic E-state index is 13.4. The highest BCUT2D eigenvalue weighted by Gasteiger charge is 2.27. The first-order valence-corrected chi connectivity index (χ1v) is 12.7. The third-order valence-electron chi connectivity index (χ3n) is 6.34. The molecule has 1 unspecified atom stereocenters. The van der Waals surface area contributed by atoms with Gasteiger partial charge in [-0.3, -0.25) is 15.3 Å². The molecule has 2 aromatic carbocycles. The number of nitrogens with two attached hydrogens (primary N) is 1. The number of hydrogen-bond donors (Lipinski definition) is 1. The van der Waals surface area contributed by atoms with Crippen LogP contribution in [0.3, 0.4) is 0 Å². The van der Waals surface area contributed by atoms with Crippen LogP contribution >= 0.6 is 34.8 Å². The fourth-order valence-electron chi connectivity index (χ4n) is 4.72. The van der Waals surface area contributed by atoms with E-state index in [0.29, 0.717) is 56.1 Å². The number of nitrogens with zero attached hydrogens (tertiary/aromatic N) is 3. The van der Waals surface area contributed by atoms with Crippen LogP contribution in [0.4, 0.5) is 5.69 Å². The quantitative estimate of drug-likeness (QED) is 0.356. The van der Waals surface area contributed by atoms with Crippen LogP contribution in [0.1, 0.15) is 28.3 Å². The highest BCUT2D eigenvalue weighted by Crippen LogP contribution is 2.39. The standard InChI is InChI=1S/C27H23Cl3N4O2/c1-34(2)26-20(27(35)33-12-15-7-8-36-22-6-4-3-5-19(15)22)13-31-24-23(21(30)14-32-25(24)26)16-9-17(28)11-18(29)10-16/h3-6,9-11,13-15H,7-8,12H2,1-2H3,(H,33,35)/p+1. The van der Waals surface area contributed by atoms with Gasteiger partial charge in [0.15, 0.2) is 0 Å². The smallest absolute Gasteiger partial charge is 0.346 e. The van der Waals surface area contributed by atoms with Gasteiger partial charge in [0.2, 0.25) is 0 Å². The Morgan fingerprint density at radius 1 is 1.06 bits per heavy atom. The number of amides is 1. The third kappa shape index (κ3) is 4.74. The number of quaternary nitrogens is 1. The lowest BCUT2D eigenvalue weighted by molar-refractivity contribution is -0.558. The summed E-state index contributed by atoms with van der Waals surface area (Å²) in [6.07, 6.45) is 4.03. The van der Waals surface area contributed by atoms with Gasteiger partial charge in [-0.05, 0) is 36.2 Å². The van der Waals surface area contributed by atoms with Crippen LogP contribution in [0.2, 0.25) is 15.1 Å². The summed E-state index contributed by atoms with van der Waals surface area (Å²) in [5, 5.41) is 3.14. The Morgan fingerprint density at radius 3 is 2.53 bits per heavy atom. The van der Waals surface area contributed by atoms with E-state index in [1.165, 1.54) is 0 Å². The number of benzene rings is 2. The minimum atomic E-state index is -0.0961. The van der Waals surface area contributed by atoms with E-state index >= 15 is 0 Å². The molecule has 1 atom stereocenters. The van der Waals surface area contributed by atoms with Crippen LogP contribution in [0.15, 0.2) is 54.9 Å². The number of ether oxygens (including phenoxy) is 1. The van der Waals surface area contributed by atoms with Crippen LogP contribution in [0, 0.1) is 0 Å². The molecule has 0 fully saturated rings. The molecule has 2 N–H and O–H groups in total. The van der Waals surface area contributed by atoms with Crippen molar-refractivity contribution in [1.82, 2.24) is 9.97 Å². The molecule has 0 bridgehead atoms. The van der Waals surface area contributed by atoms with Crippen LogP contribution in [0.25, 0.3) is 22.2 Å². The molecule has 0 saturated heterocycles. The van der Waals surface area contributed by atoms with Crippen LogP contribution in [0.5, 0.6) is 5.75 Å². The molecule has 184 valence electrons. The maximum Gasteiger partial charge on any atom is 0.346 e. The van der Waals surface area contributed by atoms with Crippen molar-refractivity contribution in [1.29, 1.82) is 0 Å². The van der Waals surface area contributed by atoms with Crippen molar-refractivity contribution in [3.8, 4) is 16.9 Å². The second-order valence-electron chi connectivity index (χ2n) is 8.93. The van der Waals surface area contributed by atoms with Crippen LogP contribution < -0.4 is 15.0 Å². The molecule has 0 aliphatic carbocycles. The molecule has 0 saturated carbocycles. The van der Waals surface area contributed by atoms with Gasteiger partial charge in [-0.2, -0.15) is 0 Å². The Hall–Kier alpha value is -2.90. The van der Waals surface area contributed by atoms with E-state index in [0.717, 1.165) is 23.3 Å². The number of para-hydroxylation sites is 1. The van der Waals surface area contributed by atoms with Gasteiger partial charge in [0.1, 0.15) is 22.3 Å². The van der Waals surface area contributed by atoms with Gasteiger partial charge in [-0.15, -0.1) is 0 Å². The third-order valence-corrected chi connectivity index (χ3v) is 7.07. The minimum absolute atomic E-state index is 0.0961. The maximum atomic E-state index is 13.4. The Bertz CT molecular complexity index is 1460. The van der Waals surface area contributed by atoms with Gasteiger partial charge in [-0.25, -0.2) is 4.79 Å². The summed E-state index contributed by atoms with van der Waals surface area (Å²) < 4.78 is 5.76. The van der Waals surface area contributed by atoms with E-state index in [1.807, 2.05) is 37.2 Å². The largest absolute Gasteiger partial charge is 0.493 e. The molecule has 0 radical (unpaired) electrons. The predicted molar refractivity (Wildman–Crippen MR) is 145 cm³/mol. The van der Waals surface area contributed by atoms with E-state index in [2.05, 4.69) is 16.0 Å². The Morgan fingerprint density at radius 2 is 1.78 bits per heavy atom. The zero-order valence-corrected chi connectivity index (χ0v) is 22.0. The van der Waals surface area contributed by atoms with Crippen molar-refractivity contribution >= 4 is 57.4 Å². The number of fused-ring (bicyclic) bond motifs is 2. The Balaban J connectivity index is 1.52. The molecule has 36 heavy (non-hydrogen) atoms. The number of rotatable bonds is 5. The second-order valence-corrected chi connectivity index (χ2v) is 10.2. The van der Waals surface area contributed by atoms with Gasteiger partial charge in [-0.1, -0.05) is 53.0 Å². The zero-order valence-electron chi connectivity index (χ0n) is 19.8. The number of carbonyl (C=O) groups excluding carboxylic acids is 1. The average molecular weight is 543 g/mol. The van der Waals surface area contributed by atoms with Gasteiger partial charge >= 0.3 is 5.91 Å². The van der Waals surface area contributed by atoms with Crippen molar-refractivity contribution in [2.45, 2.75) is 12.3 Å². The molecule has 2 aromatic heterocycles. The summed E-state index contributed by atoms with van der Waals surface area (Å²) in [4.78, 5) is 24.5. The topological polar surface area (TPSA) is 71.9 Å². The summed E-state index contributed by atoms with van der Waals surface area (Å²) in [5.41, 5.74) is 4.84. The molecule has 3 heterocycles. The first-order valence-electron chi connectivity index (χ1n) is 11.5. The summed E-state index contributed by atoms with van der Waals surface area (Å²) in [6, 6.07) is 13.2. The van der Waals surface area contributed by atoms with Gasteiger partial charge in [0.05, 0.1) is 23.9 Å². The molecular formula is C27H24Cl3N4O2+. The number of aromatic nitrogens is 2. The van der Waals surface area contributed by atoms with Crippen molar-refractivity contribution < 1.29 is 14.8 Å². The highest BCUT2D eigenvalue weighted by atomic mass is 35.5. The number of primary amides is 1. The van der Waals surface area contributed by atoms with Crippen LogP contribution in [-0.4, -0.2) is 43.1 Å². The number of pyridine rings is 2. The molecular weight excluding hydrogens is 519 g/mol. The normalized spacial score (nSPS) is 14.9. The molecule has 0 spiro atoms. The summed E-state index contributed by atoms with van der Waals surface area (Å²) in [5.74, 6) is 1.03. The minimum Gasteiger partial charge on any atom is -0.493 e. The molecule has 4 aromatic rings. The zero-order chi connectivity index (χ0) is 25.4. The van der Waals surface area contributed by atoms with Crippen molar-refractivity contribution in [2.75, 3.05) is 32.1 Å². The first-order chi connectivity index (χ1) is 17.3. The molecule has 1 aliphatic heterocycles. The lowest BCUT2D eigenvalue weighted by Crippen LogP contribution is -2.89. The fraction of sp³-hybridized carbons (Fsp3) is 0.222. The lowest BCUT2D eigenvalue weighted by Gasteiger charge is -2.24. The van der Waals surface area contributed by atoms with E-state index in [4.69, 9.17) is 39.5 Å². The summed E-state index contributed by atoms with van der Waals surface area (Å²) in [7, 11) is 3.76. The number of anilines is 1. The highest BCUT2D eigenvalue weighted by molar-refractivity contribution is 6.37. The summed E-state index contributed by atoms with van der Waals surface area (Å²) >= 11 is 19.1. The van der Waals surface area contributed by atoms with E-state index < -0.39 is 0 Å². The van der Waals surface area contributed by atoms with E-state index in [9.17, 15) is 4.79 Å². The van der Waals surface area contributed by atoms with Gasteiger partial charge in [0.25, 0.3) is 0 Å². The number of carbonyl (C=O) groups is 1. The fourth-order valence-corrected chi connectivity index (χ4v) is 5.49. The van der Waals surface area contributed by atoms with Gasteiger partial charge < -0.3 is 9.64 Å². The Labute approximate surface area is 224 Å². The van der Waals surface area contributed by atoms with Gasteiger partial charge in [0, 0.05) is 53.6 Å². The average Bonchev–Trinajstić information content (AvgIpc) is 2.85. The monoisotopic (exact) mass is 541 g/mol. The molecule has 5 rings (SSSR count).